The number of aromatic nitrogens is 3. The summed E-state index contributed by atoms with van der Waals surface area (Å²) in [6, 6.07) is 7.81. The second-order valence-electron chi connectivity index (χ2n) is 7.97. The summed E-state index contributed by atoms with van der Waals surface area (Å²) in [5.41, 5.74) is 3.46. The minimum atomic E-state index is -0.0428. The van der Waals surface area contributed by atoms with Gasteiger partial charge in [0.2, 0.25) is 17.0 Å². The standard InChI is InChI=1S/C22H19ClN6O2S/c1-10-8-25-18-17-11-2-5-16(27-13(11)3-4-15(17)32-19(18)20(30)26-10)31-21-12-9-24-7-6-14(12)28-22(23)29-21/h2-5,10,24-25H,6-9H2,1H3,(H,26,30)/t10-/m0/s1. The van der Waals surface area contributed by atoms with Gasteiger partial charge in [-0.05, 0) is 36.7 Å². The van der Waals surface area contributed by atoms with Gasteiger partial charge in [-0.1, -0.05) is 0 Å². The van der Waals surface area contributed by atoms with E-state index in [9.17, 15) is 4.79 Å². The van der Waals surface area contributed by atoms with Crippen LogP contribution in [0.5, 0.6) is 11.8 Å². The quantitative estimate of drug-likeness (QED) is 0.385. The number of nitrogens with zero attached hydrogens (tertiary/aromatic N) is 3. The van der Waals surface area contributed by atoms with Crippen molar-refractivity contribution in [3.63, 3.8) is 0 Å². The van der Waals surface area contributed by atoms with Crippen molar-refractivity contribution in [3.8, 4) is 11.8 Å². The Bertz CT molecular complexity index is 1400. The van der Waals surface area contributed by atoms with Gasteiger partial charge >= 0.3 is 0 Å². The summed E-state index contributed by atoms with van der Waals surface area (Å²) >= 11 is 7.61. The number of hydrogen-bond acceptors (Lipinski definition) is 8. The zero-order valence-corrected chi connectivity index (χ0v) is 18.7. The normalized spacial score (nSPS) is 17.9. The second kappa shape index (κ2) is 7.54. The highest BCUT2D eigenvalue weighted by Crippen LogP contribution is 2.41. The molecule has 5 heterocycles. The number of pyridine rings is 1. The van der Waals surface area contributed by atoms with Crippen LogP contribution in [0.15, 0.2) is 24.3 Å². The number of hydrogen-bond donors (Lipinski definition) is 3. The Balaban J connectivity index is 1.44. The number of thiophene rings is 1. The van der Waals surface area contributed by atoms with Crippen molar-refractivity contribution in [1.29, 1.82) is 0 Å². The van der Waals surface area contributed by atoms with E-state index < -0.39 is 0 Å². The summed E-state index contributed by atoms with van der Waals surface area (Å²) in [4.78, 5) is 26.7. The minimum absolute atomic E-state index is 0.0428. The molecule has 0 bridgehead atoms. The number of benzene rings is 1. The van der Waals surface area contributed by atoms with Gasteiger partial charge in [0.15, 0.2) is 0 Å². The van der Waals surface area contributed by atoms with Crippen molar-refractivity contribution in [2.75, 3.05) is 18.4 Å². The number of rotatable bonds is 2. The fourth-order valence-electron chi connectivity index (χ4n) is 4.23. The zero-order chi connectivity index (χ0) is 21.8. The van der Waals surface area contributed by atoms with Crippen molar-refractivity contribution in [2.45, 2.75) is 25.9 Å². The fraction of sp³-hybridized carbons (Fsp3) is 0.273. The highest BCUT2D eigenvalue weighted by molar-refractivity contribution is 7.21. The molecule has 10 heteroatoms. The van der Waals surface area contributed by atoms with Crippen molar-refractivity contribution in [1.82, 2.24) is 25.6 Å². The molecule has 0 unspecified atom stereocenters. The lowest BCUT2D eigenvalue weighted by Gasteiger charge is -2.18. The molecule has 0 saturated carbocycles. The molecule has 1 aromatic carbocycles. The first-order chi connectivity index (χ1) is 15.6. The van der Waals surface area contributed by atoms with Gasteiger partial charge in [0, 0.05) is 53.6 Å². The third kappa shape index (κ3) is 3.24. The first kappa shape index (κ1) is 19.7. The first-order valence-corrected chi connectivity index (χ1v) is 11.6. The van der Waals surface area contributed by atoms with Crippen molar-refractivity contribution >= 4 is 55.5 Å². The van der Waals surface area contributed by atoms with Crippen LogP contribution in [0.25, 0.3) is 21.0 Å². The number of fused-ring (bicyclic) bond motifs is 6. The molecule has 0 fully saturated rings. The summed E-state index contributed by atoms with van der Waals surface area (Å²) in [7, 11) is 0. The Morgan fingerprint density at radius 2 is 2.09 bits per heavy atom. The highest BCUT2D eigenvalue weighted by Gasteiger charge is 2.25. The van der Waals surface area contributed by atoms with Gasteiger partial charge in [-0.15, -0.1) is 11.3 Å². The van der Waals surface area contributed by atoms with E-state index >= 15 is 0 Å². The van der Waals surface area contributed by atoms with Crippen molar-refractivity contribution in [2.24, 2.45) is 0 Å². The molecule has 4 aromatic rings. The first-order valence-electron chi connectivity index (χ1n) is 10.4. The minimum Gasteiger partial charge on any atom is -0.420 e. The average molecular weight is 467 g/mol. The number of anilines is 1. The molecule has 2 aliphatic rings. The van der Waals surface area contributed by atoms with E-state index in [1.165, 1.54) is 11.3 Å². The van der Waals surface area contributed by atoms with Crippen LogP contribution < -0.4 is 20.7 Å². The third-order valence-electron chi connectivity index (χ3n) is 5.73. The summed E-state index contributed by atoms with van der Waals surface area (Å²) in [6.07, 6.45) is 0.777. The molecular weight excluding hydrogens is 448 g/mol. The summed E-state index contributed by atoms with van der Waals surface area (Å²) in [5.74, 6) is 0.815. The molecule has 0 spiro atoms. The van der Waals surface area contributed by atoms with Crippen molar-refractivity contribution in [3.05, 3.63) is 45.7 Å². The molecule has 0 radical (unpaired) electrons. The summed E-state index contributed by atoms with van der Waals surface area (Å²) in [5, 5.41) is 11.9. The van der Waals surface area contributed by atoms with Crippen LogP contribution in [0.2, 0.25) is 5.28 Å². The smallest absolute Gasteiger partial charge is 0.263 e. The highest BCUT2D eigenvalue weighted by atomic mass is 35.5. The van der Waals surface area contributed by atoms with E-state index in [4.69, 9.17) is 21.3 Å². The largest absolute Gasteiger partial charge is 0.420 e. The van der Waals surface area contributed by atoms with Gasteiger partial charge in [-0.3, -0.25) is 4.79 Å². The SMILES string of the molecule is C[C@H]1CNc2c(sc3ccc4nc(Oc5nc(Cl)nc6c5CNCC6)ccc4c23)C(=O)N1. The summed E-state index contributed by atoms with van der Waals surface area (Å²) < 4.78 is 7.10. The molecule has 2 aliphatic heterocycles. The van der Waals surface area contributed by atoms with E-state index in [1.54, 1.807) is 0 Å². The Hall–Kier alpha value is -3.01. The monoisotopic (exact) mass is 466 g/mol. The van der Waals surface area contributed by atoms with Gasteiger partial charge in [0.1, 0.15) is 4.88 Å². The molecule has 1 amide bonds. The van der Waals surface area contributed by atoms with E-state index in [-0.39, 0.29) is 17.2 Å². The molecule has 1 atom stereocenters. The second-order valence-corrected chi connectivity index (χ2v) is 9.36. The van der Waals surface area contributed by atoms with Crippen LogP contribution in [-0.2, 0) is 13.0 Å². The number of amides is 1. The maximum absolute atomic E-state index is 12.6. The van der Waals surface area contributed by atoms with E-state index in [0.29, 0.717) is 29.7 Å². The Morgan fingerprint density at radius 3 is 3.00 bits per heavy atom. The average Bonchev–Trinajstić information content (AvgIpc) is 3.10. The predicted octanol–water partition coefficient (Wildman–Crippen LogP) is 3.87. The number of nitrogens with one attached hydrogen (secondary N) is 3. The molecule has 8 nitrogen and oxygen atoms in total. The van der Waals surface area contributed by atoms with Crippen LogP contribution in [0, 0.1) is 0 Å². The van der Waals surface area contributed by atoms with Crippen LogP contribution >= 0.6 is 22.9 Å². The maximum atomic E-state index is 12.6. The molecule has 3 N–H and O–H groups in total. The number of ether oxygens (including phenoxy) is 1. The van der Waals surface area contributed by atoms with E-state index in [1.807, 2.05) is 31.2 Å². The Kier molecular flexibility index (Phi) is 4.63. The molecule has 0 saturated heterocycles. The number of halogens is 1. The Morgan fingerprint density at radius 1 is 1.19 bits per heavy atom. The lowest BCUT2D eigenvalue weighted by atomic mass is 10.1. The predicted molar refractivity (Wildman–Crippen MR) is 125 cm³/mol. The topological polar surface area (TPSA) is 101 Å². The number of carbonyl (C=O) groups excluding carboxylic acids is 1. The van der Waals surface area contributed by atoms with Gasteiger partial charge in [-0.25, -0.2) is 9.97 Å². The van der Waals surface area contributed by atoms with E-state index in [0.717, 1.165) is 50.9 Å². The van der Waals surface area contributed by atoms with Crippen LogP contribution in [0.1, 0.15) is 27.9 Å². The molecule has 0 aliphatic carbocycles. The van der Waals surface area contributed by atoms with Gasteiger partial charge in [-0.2, -0.15) is 4.98 Å². The van der Waals surface area contributed by atoms with E-state index in [2.05, 4.69) is 25.9 Å². The van der Waals surface area contributed by atoms with Gasteiger partial charge in [0.25, 0.3) is 5.91 Å². The molecule has 162 valence electrons. The van der Waals surface area contributed by atoms with Crippen LogP contribution in [-0.4, -0.2) is 40.0 Å². The molecular formula is C22H19ClN6O2S. The van der Waals surface area contributed by atoms with Crippen LogP contribution in [0.3, 0.4) is 0 Å². The molecule has 3 aromatic heterocycles. The molecule has 32 heavy (non-hydrogen) atoms. The lowest BCUT2D eigenvalue weighted by molar-refractivity contribution is 0.0949. The van der Waals surface area contributed by atoms with Gasteiger partial charge in [0.05, 0.1) is 22.5 Å². The van der Waals surface area contributed by atoms with Crippen LogP contribution in [0.4, 0.5) is 5.69 Å². The Labute approximate surface area is 192 Å². The summed E-state index contributed by atoms with van der Waals surface area (Å²) in [6.45, 7) is 4.13. The lowest BCUT2D eigenvalue weighted by Crippen LogP contribution is -2.34. The maximum Gasteiger partial charge on any atom is 0.263 e. The third-order valence-corrected chi connectivity index (χ3v) is 7.06. The molecule has 6 rings (SSSR count). The number of carbonyl (C=O) groups is 1. The van der Waals surface area contributed by atoms with Gasteiger partial charge < -0.3 is 20.7 Å². The zero-order valence-electron chi connectivity index (χ0n) is 17.2. The van der Waals surface area contributed by atoms with Crippen molar-refractivity contribution < 1.29 is 9.53 Å². The fourth-order valence-corrected chi connectivity index (χ4v) is 5.51.